The molecule has 51 heavy (non-hydrogen) atoms. The first-order valence-corrected chi connectivity index (χ1v) is 21.5. The van der Waals surface area contributed by atoms with E-state index in [-0.39, 0.29) is 37.5 Å². The van der Waals surface area contributed by atoms with Crippen LogP contribution in [-0.4, -0.2) is 73.6 Å². The van der Waals surface area contributed by atoms with Crippen molar-refractivity contribution in [1.82, 2.24) is 9.80 Å². The number of amides is 1. The second-order valence-electron chi connectivity index (χ2n) is 15.3. The molecule has 1 aliphatic heterocycles. The Balaban J connectivity index is 2.24. The van der Waals surface area contributed by atoms with Crippen LogP contribution in [0.3, 0.4) is 0 Å². The number of unbranched alkanes of at least 4 members (excludes halogenated alkanes) is 22. The predicted octanol–water partition coefficient (Wildman–Crippen LogP) is 11.3. The molecular formula is C44H80N2O5. The lowest BCUT2D eigenvalue weighted by Gasteiger charge is -2.19. The van der Waals surface area contributed by atoms with Crippen molar-refractivity contribution in [2.75, 3.05) is 33.7 Å². The molecule has 1 saturated heterocycles. The van der Waals surface area contributed by atoms with Crippen molar-refractivity contribution in [1.29, 1.82) is 0 Å². The molecule has 0 aromatic rings. The maximum Gasteiger partial charge on any atom is 0.306 e. The number of allylic oxidation sites excluding steroid dienone is 4. The van der Waals surface area contributed by atoms with Crippen molar-refractivity contribution in [2.24, 2.45) is 0 Å². The van der Waals surface area contributed by atoms with Gasteiger partial charge in [0.2, 0.25) is 5.91 Å². The normalized spacial score (nSPS) is 16.2. The molecular weight excluding hydrogens is 636 g/mol. The monoisotopic (exact) mass is 717 g/mol. The Morgan fingerprint density at radius 3 is 1.16 bits per heavy atom. The minimum absolute atomic E-state index is 0.0471. The summed E-state index contributed by atoms with van der Waals surface area (Å²) in [6.07, 6.45) is 40.3. The molecule has 1 heterocycles. The lowest BCUT2D eigenvalue weighted by atomic mass is 10.1. The van der Waals surface area contributed by atoms with Gasteiger partial charge in [0.15, 0.2) is 12.2 Å². The zero-order valence-corrected chi connectivity index (χ0v) is 33.8. The van der Waals surface area contributed by atoms with E-state index in [1.54, 1.807) is 4.90 Å². The molecule has 7 nitrogen and oxygen atoms in total. The molecule has 1 rings (SSSR count). The van der Waals surface area contributed by atoms with E-state index in [0.717, 1.165) is 51.4 Å². The van der Waals surface area contributed by atoms with E-state index in [0.29, 0.717) is 12.8 Å². The number of likely N-dealkylation sites (N-methyl/N-ethyl adjacent to an activating group) is 1. The van der Waals surface area contributed by atoms with Crippen molar-refractivity contribution in [2.45, 2.75) is 206 Å². The first kappa shape index (κ1) is 46.9. The number of hydrogen-bond donors (Lipinski definition) is 0. The zero-order chi connectivity index (χ0) is 37.2. The van der Waals surface area contributed by atoms with Crippen molar-refractivity contribution in [3.05, 3.63) is 24.3 Å². The Labute approximate surface area is 314 Å². The number of hydrogen-bond acceptors (Lipinski definition) is 6. The summed E-state index contributed by atoms with van der Waals surface area (Å²) in [4.78, 5) is 41.8. The number of rotatable bonds is 34. The molecule has 1 amide bonds. The number of nitrogens with zero attached hydrogens (tertiary/aromatic N) is 2. The smallest absolute Gasteiger partial charge is 0.306 e. The van der Waals surface area contributed by atoms with Gasteiger partial charge in [-0.25, -0.2) is 0 Å². The van der Waals surface area contributed by atoms with Crippen LogP contribution in [-0.2, 0) is 23.9 Å². The highest BCUT2D eigenvalue weighted by atomic mass is 16.6. The molecule has 0 radical (unpaired) electrons. The molecule has 0 aliphatic carbocycles. The Hall–Kier alpha value is -2.15. The first-order valence-electron chi connectivity index (χ1n) is 21.5. The van der Waals surface area contributed by atoms with Crippen LogP contribution in [0.15, 0.2) is 24.3 Å². The molecule has 2 unspecified atom stereocenters. The van der Waals surface area contributed by atoms with Crippen LogP contribution in [0, 0.1) is 0 Å². The Morgan fingerprint density at radius 1 is 0.510 bits per heavy atom. The van der Waals surface area contributed by atoms with E-state index in [4.69, 9.17) is 9.47 Å². The van der Waals surface area contributed by atoms with Crippen LogP contribution in [0.5, 0.6) is 0 Å². The molecule has 7 heteroatoms. The van der Waals surface area contributed by atoms with E-state index in [1.165, 1.54) is 116 Å². The van der Waals surface area contributed by atoms with Crippen LogP contribution in [0.1, 0.15) is 194 Å². The quantitative estimate of drug-likeness (QED) is 0.0375. The highest BCUT2D eigenvalue weighted by Gasteiger charge is 2.40. The summed E-state index contributed by atoms with van der Waals surface area (Å²) in [5.41, 5.74) is 0. The van der Waals surface area contributed by atoms with E-state index in [2.05, 4.69) is 38.2 Å². The molecule has 1 fully saturated rings. The van der Waals surface area contributed by atoms with Gasteiger partial charge in [0.25, 0.3) is 0 Å². The molecule has 2 atom stereocenters. The maximum atomic E-state index is 12.8. The van der Waals surface area contributed by atoms with E-state index in [9.17, 15) is 14.4 Å². The molecule has 1 aliphatic rings. The van der Waals surface area contributed by atoms with Gasteiger partial charge < -0.3 is 19.3 Å². The van der Waals surface area contributed by atoms with Gasteiger partial charge in [0, 0.05) is 12.8 Å². The summed E-state index contributed by atoms with van der Waals surface area (Å²) in [7, 11) is 3.70. The Morgan fingerprint density at radius 2 is 0.824 bits per heavy atom. The number of carbonyl (C=O) groups excluding carboxylic acids is 3. The average Bonchev–Trinajstić information content (AvgIpc) is 3.49. The van der Waals surface area contributed by atoms with Crippen molar-refractivity contribution >= 4 is 17.8 Å². The SMILES string of the molecule is CCCCCCCCC=CCCCCCCCC(=O)OC1CN(C(=O)CN(C)C)CC1OC(=O)CCCCCCCC=CCCCCCCCC. The zero-order valence-electron chi connectivity index (χ0n) is 33.8. The van der Waals surface area contributed by atoms with Crippen molar-refractivity contribution in [3.8, 4) is 0 Å². The third kappa shape index (κ3) is 28.1. The summed E-state index contributed by atoms with van der Waals surface area (Å²) < 4.78 is 11.6. The van der Waals surface area contributed by atoms with Crippen molar-refractivity contribution < 1.29 is 23.9 Å². The first-order chi connectivity index (χ1) is 24.9. The second kappa shape index (κ2) is 33.7. The minimum Gasteiger partial charge on any atom is -0.456 e. The molecule has 296 valence electrons. The van der Waals surface area contributed by atoms with E-state index < -0.39 is 12.2 Å². The number of carbonyl (C=O) groups is 3. The Bertz CT molecular complexity index is 855. The van der Waals surface area contributed by atoms with Gasteiger partial charge in [0.1, 0.15) is 0 Å². The van der Waals surface area contributed by atoms with Gasteiger partial charge in [-0.3, -0.25) is 14.4 Å². The van der Waals surface area contributed by atoms with Gasteiger partial charge in [-0.1, -0.05) is 141 Å². The summed E-state index contributed by atoms with van der Waals surface area (Å²) in [6, 6.07) is 0. The van der Waals surface area contributed by atoms with Crippen LogP contribution in [0.25, 0.3) is 0 Å². The lowest BCUT2D eigenvalue weighted by Crippen LogP contribution is -2.37. The number of likely N-dealkylation sites (tertiary alicyclic amines) is 1. The fraction of sp³-hybridized carbons (Fsp3) is 0.841. The minimum atomic E-state index is -0.607. The van der Waals surface area contributed by atoms with Gasteiger partial charge >= 0.3 is 11.9 Å². The van der Waals surface area contributed by atoms with Crippen LogP contribution in [0.4, 0.5) is 0 Å². The largest absolute Gasteiger partial charge is 0.456 e. The third-order valence-corrected chi connectivity index (χ3v) is 9.87. The fourth-order valence-corrected chi connectivity index (χ4v) is 6.68. The van der Waals surface area contributed by atoms with Gasteiger partial charge in [-0.2, -0.15) is 0 Å². The summed E-state index contributed by atoms with van der Waals surface area (Å²) in [5, 5.41) is 0. The van der Waals surface area contributed by atoms with Gasteiger partial charge in [-0.05, 0) is 78.3 Å². The lowest BCUT2D eigenvalue weighted by molar-refractivity contribution is -0.164. The summed E-state index contributed by atoms with van der Waals surface area (Å²) in [5.74, 6) is -0.579. The Kier molecular flexibility index (Phi) is 30.9. The van der Waals surface area contributed by atoms with Gasteiger partial charge in [0.05, 0.1) is 19.6 Å². The topological polar surface area (TPSA) is 76.2 Å². The van der Waals surface area contributed by atoms with Gasteiger partial charge in [-0.15, -0.1) is 0 Å². The highest BCUT2D eigenvalue weighted by molar-refractivity contribution is 5.79. The predicted molar refractivity (Wildman–Crippen MR) is 214 cm³/mol. The van der Waals surface area contributed by atoms with Crippen LogP contribution in [0.2, 0.25) is 0 Å². The van der Waals surface area contributed by atoms with Crippen LogP contribution >= 0.6 is 0 Å². The fourth-order valence-electron chi connectivity index (χ4n) is 6.68. The van der Waals surface area contributed by atoms with Crippen molar-refractivity contribution in [3.63, 3.8) is 0 Å². The van der Waals surface area contributed by atoms with E-state index in [1.807, 2.05) is 19.0 Å². The molecule has 0 N–H and O–H groups in total. The molecule has 0 spiro atoms. The molecule has 0 aromatic heterocycles. The van der Waals surface area contributed by atoms with Crippen LogP contribution < -0.4 is 0 Å². The highest BCUT2D eigenvalue weighted by Crippen LogP contribution is 2.21. The molecule has 0 saturated carbocycles. The standard InChI is InChI=1S/C44H80N2O5/c1-5-7-9-11-13-15-17-19-21-23-25-27-29-31-33-35-43(48)50-40-37-46(42(47)39-45(3)4)38-41(40)51-44(49)36-34-32-30-28-26-24-22-20-18-16-14-12-10-8-6-2/h19-22,40-41H,5-18,23-39H2,1-4H3. The average molecular weight is 717 g/mol. The second-order valence-corrected chi connectivity index (χ2v) is 15.3. The summed E-state index contributed by atoms with van der Waals surface area (Å²) in [6.45, 7) is 5.34. The van der Waals surface area contributed by atoms with E-state index >= 15 is 0 Å². The summed E-state index contributed by atoms with van der Waals surface area (Å²) >= 11 is 0. The maximum absolute atomic E-state index is 12.8. The number of ether oxygens (including phenoxy) is 2. The number of esters is 2. The molecule has 0 aromatic carbocycles. The third-order valence-electron chi connectivity index (χ3n) is 9.87. The molecule has 0 bridgehead atoms.